The normalized spacial score (nSPS) is 17.3. The van der Waals surface area contributed by atoms with Crippen molar-refractivity contribution in [2.24, 2.45) is 0 Å². The monoisotopic (exact) mass is 347 g/mol. The zero-order valence-corrected chi connectivity index (χ0v) is 15.2. The number of para-hydroxylation sites is 1. The minimum atomic E-state index is 0.114. The van der Waals surface area contributed by atoms with Gasteiger partial charge in [0, 0.05) is 20.0 Å². The summed E-state index contributed by atoms with van der Waals surface area (Å²) in [7, 11) is 3.27. The van der Waals surface area contributed by atoms with Gasteiger partial charge < -0.3 is 18.6 Å². The second kappa shape index (κ2) is 7.74. The van der Waals surface area contributed by atoms with Gasteiger partial charge in [0.15, 0.2) is 11.5 Å². The summed E-state index contributed by atoms with van der Waals surface area (Å²) in [6.07, 6.45) is 1.95. The van der Waals surface area contributed by atoms with Crippen LogP contribution in [0.3, 0.4) is 0 Å². The summed E-state index contributed by atoms with van der Waals surface area (Å²) in [6.45, 7) is 5.72. The van der Waals surface area contributed by atoms with Crippen LogP contribution in [0.15, 0.2) is 22.6 Å². The topological polar surface area (TPSA) is 69.8 Å². The first-order valence-corrected chi connectivity index (χ1v) is 8.54. The van der Waals surface area contributed by atoms with Gasteiger partial charge in [-0.05, 0) is 31.9 Å². The fourth-order valence-corrected chi connectivity index (χ4v) is 3.12. The first-order chi connectivity index (χ1) is 12.1. The molecule has 1 fully saturated rings. The summed E-state index contributed by atoms with van der Waals surface area (Å²) in [5, 5.41) is 8.05. The first-order valence-electron chi connectivity index (χ1n) is 8.54. The van der Waals surface area contributed by atoms with Gasteiger partial charge in [-0.25, -0.2) is 0 Å². The van der Waals surface area contributed by atoms with Crippen LogP contribution in [0.2, 0.25) is 0 Å². The van der Waals surface area contributed by atoms with Gasteiger partial charge >= 0.3 is 0 Å². The molecule has 1 aromatic carbocycles. The van der Waals surface area contributed by atoms with Crippen molar-refractivity contribution >= 4 is 0 Å². The van der Waals surface area contributed by atoms with E-state index in [2.05, 4.69) is 22.0 Å². The molecule has 2 aromatic rings. The Kier molecular flexibility index (Phi) is 5.43. The molecule has 2 heterocycles. The zero-order chi connectivity index (χ0) is 17.8. The number of aryl methyl sites for hydroxylation is 1. The molecule has 0 radical (unpaired) electrons. The van der Waals surface area contributed by atoms with Crippen LogP contribution in [-0.2, 0) is 0 Å². The van der Waals surface area contributed by atoms with Crippen LogP contribution in [-0.4, -0.2) is 48.5 Å². The molecule has 136 valence electrons. The van der Waals surface area contributed by atoms with Gasteiger partial charge in [-0.3, -0.25) is 4.90 Å². The van der Waals surface area contributed by atoms with Gasteiger partial charge in [0.1, 0.15) is 6.10 Å². The molecule has 25 heavy (non-hydrogen) atoms. The van der Waals surface area contributed by atoms with Crippen LogP contribution in [0.4, 0.5) is 0 Å². The molecule has 3 rings (SSSR count). The number of ether oxygens (including phenoxy) is 3. The van der Waals surface area contributed by atoms with E-state index in [1.807, 2.05) is 25.1 Å². The van der Waals surface area contributed by atoms with E-state index < -0.39 is 0 Å². The van der Waals surface area contributed by atoms with Crippen LogP contribution in [0.5, 0.6) is 17.2 Å². The lowest BCUT2D eigenvalue weighted by molar-refractivity contribution is 0.0684. The van der Waals surface area contributed by atoms with E-state index in [1.54, 1.807) is 14.2 Å². The fraction of sp³-hybridized carbons (Fsp3) is 0.556. The Hall–Kier alpha value is -2.28. The summed E-state index contributed by atoms with van der Waals surface area (Å²) in [4.78, 5) is 2.34. The molecular weight excluding hydrogens is 322 g/mol. The van der Waals surface area contributed by atoms with E-state index in [0.29, 0.717) is 29.0 Å². The fourth-order valence-electron chi connectivity index (χ4n) is 3.12. The third-order valence-corrected chi connectivity index (χ3v) is 4.59. The summed E-state index contributed by atoms with van der Waals surface area (Å²) < 4.78 is 22.6. The minimum absolute atomic E-state index is 0.114. The number of benzene rings is 1. The van der Waals surface area contributed by atoms with Gasteiger partial charge in [0.2, 0.25) is 17.5 Å². The number of likely N-dealkylation sites (tertiary alicyclic amines) is 1. The van der Waals surface area contributed by atoms with E-state index >= 15 is 0 Å². The molecule has 0 bridgehead atoms. The van der Waals surface area contributed by atoms with E-state index in [9.17, 15) is 0 Å². The molecule has 1 aliphatic rings. The molecule has 0 saturated carbocycles. The predicted octanol–water partition coefficient (Wildman–Crippen LogP) is 3.00. The van der Waals surface area contributed by atoms with Gasteiger partial charge in [0.25, 0.3) is 0 Å². The summed E-state index contributed by atoms with van der Waals surface area (Å²) in [5.41, 5.74) is 0. The van der Waals surface area contributed by atoms with Crippen molar-refractivity contribution in [1.82, 2.24) is 15.1 Å². The standard InChI is InChI=1S/C18H25N3O4/c1-12(18-20-19-13(2)24-18)21-10-8-14(9-11-21)25-17-15(22-3)6-5-7-16(17)23-4/h5-7,12,14H,8-11H2,1-4H3/t12-/m1/s1. The molecule has 0 amide bonds. The summed E-state index contributed by atoms with van der Waals surface area (Å²) in [5.74, 6) is 3.33. The lowest BCUT2D eigenvalue weighted by Gasteiger charge is -2.34. The number of hydrogen-bond donors (Lipinski definition) is 0. The highest BCUT2D eigenvalue weighted by Gasteiger charge is 2.28. The Balaban J connectivity index is 1.62. The van der Waals surface area contributed by atoms with Crippen molar-refractivity contribution in [3.63, 3.8) is 0 Å². The van der Waals surface area contributed by atoms with Crippen LogP contribution in [0.1, 0.15) is 37.6 Å². The quantitative estimate of drug-likeness (QED) is 0.795. The number of aromatic nitrogens is 2. The van der Waals surface area contributed by atoms with Gasteiger partial charge in [0.05, 0.1) is 20.3 Å². The van der Waals surface area contributed by atoms with Crippen molar-refractivity contribution in [3.8, 4) is 17.2 Å². The molecule has 7 nitrogen and oxygen atoms in total. The van der Waals surface area contributed by atoms with Crippen LogP contribution in [0.25, 0.3) is 0 Å². The highest BCUT2D eigenvalue weighted by Crippen LogP contribution is 2.38. The third kappa shape index (κ3) is 3.87. The lowest BCUT2D eigenvalue weighted by Crippen LogP contribution is -2.39. The lowest BCUT2D eigenvalue weighted by atomic mass is 10.1. The van der Waals surface area contributed by atoms with Crippen LogP contribution >= 0.6 is 0 Å². The first kappa shape index (κ1) is 17.5. The molecule has 1 saturated heterocycles. The highest BCUT2D eigenvalue weighted by atomic mass is 16.5. The Morgan fingerprint density at radius 3 is 2.28 bits per heavy atom. The molecule has 0 N–H and O–H groups in total. The number of rotatable bonds is 6. The molecule has 7 heteroatoms. The van der Waals surface area contributed by atoms with E-state index in [0.717, 1.165) is 25.9 Å². The van der Waals surface area contributed by atoms with E-state index in [-0.39, 0.29) is 12.1 Å². The molecule has 0 spiro atoms. The molecule has 1 atom stereocenters. The van der Waals surface area contributed by atoms with Crippen molar-refractivity contribution in [1.29, 1.82) is 0 Å². The average molecular weight is 347 g/mol. The van der Waals surface area contributed by atoms with E-state index in [4.69, 9.17) is 18.6 Å². The maximum Gasteiger partial charge on any atom is 0.233 e. The van der Waals surface area contributed by atoms with Crippen LogP contribution < -0.4 is 14.2 Å². The SMILES string of the molecule is COc1cccc(OC)c1OC1CCN([C@H](C)c2nnc(C)o2)CC1. The van der Waals surface area contributed by atoms with Gasteiger partial charge in [-0.15, -0.1) is 10.2 Å². The Morgan fingerprint density at radius 2 is 1.76 bits per heavy atom. The molecule has 1 aromatic heterocycles. The molecular formula is C18H25N3O4. The van der Waals surface area contributed by atoms with E-state index in [1.165, 1.54) is 0 Å². The summed E-state index contributed by atoms with van der Waals surface area (Å²) in [6, 6.07) is 5.77. The molecule has 0 aliphatic carbocycles. The highest BCUT2D eigenvalue weighted by molar-refractivity contribution is 5.51. The Morgan fingerprint density at radius 1 is 1.12 bits per heavy atom. The number of methoxy groups -OCH3 is 2. The molecule has 0 unspecified atom stereocenters. The second-order valence-electron chi connectivity index (χ2n) is 6.18. The van der Waals surface area contributed by atoms with Gasteiger partial charge in [-0.2, -0.15) is 0 Å². The third-order valence-electron chi connectivity index (χ3n) is 4.59. The second-order valence-corrected chi connectivity index (χ2v) is 6.18. The van der Waals surface area contributed by atoms with Crippen molar-refractivity contribution in [2.45, 2.75) is 38.8 Å². The summed E-state index contributed by atoms with van der Waals surface area (Å²) >= 11 is 0. The van der Waals surface area contributed by atoms with Crippen molar-refractivity contribution in [3.05, 3.63) is 30.0 Å². The smallest absolute Gasteiger partial charge is 0.233 e. The Labute approximate surface area is 147 Å². The minimum Gasteiger partial charge on any atom is -0.493 e. The average Bonchev–Trinajstić information content (AvgIpc) is 3.08. The maximum absolute atomic E-state index is 6.21. The maximum atomic E-state index is 6.21. The number of nitrogens with zero attached hydrogens (tertiary/aromatic N) is 3. The van der Waals surface area contributed by atoms with Crippen molar-refractivity contribution in [2.75, 3.05) is 27.3 Å². The van der Waals surface area contributed by atoms with Gasteiger partial charge in [-0.1, -0.05) is 6.07 Å². The number of piperidine rings is 1. The van der Waals surface area contributed by atoms with Crippen molar-refractivity contribution < 1.29 is 18.6 Å². The van der Waals surface area contributed by atoms with Crippen LogP contribution in [0, 0.1) is 6.92 Å². The number of hydrogen-bond acceptors (Lipinski definition) is 7. The Bertz CT molecular complexity index is 673. The largest absolute Gasteiger partial charge is 0.493 e. The molecule has 1 aliphatic heterocycles. The predicted molar refractivity (Wildman–Crippen MR) is 92.2 cm³/mol. The zero-order valence-electron chi connectivity index (χ0n) is 15.2.